The summed E-state index contributed by atoms with van der Waals surface area (Å²) < 4.78 is 2.42. The Labute approximate surface area is 200 Å². The van der Waals surface area contributed by atoms with Gasteiger partial charge in [-0.3, -0.25) is 0 Å². The Hall–Kier alpha value is -3.72. The number of hydrogen-bond acceptors (Lipinski definition) is 2. The first kappa shape index (κ1) is 19.7. The summed E-state index contributed by atoms with van der Waals surface area (Å²) in [7, 11) is 0. The van der Waals surface area contributed by atoms with E-state index in [2.05, 4.69) is 119 Å². The molecule has 0 aliphatic carbocycles. The Morgan fingerprint density at radius 1 is 0.735 bits per heavy atom. The van der Waals surface area contributed by atoms with Crippen molar-refractivity contribution in [1.82, 2.24) is 4.57 Å². The molecule has 1 aromatic heterocycles. The van der Waals surface area contributed by atoms with Gasteiger partial charge in [0.1, 0.15) is 0 Å². The fourth-order valence-electron chi connectivity index (χ4n) is 6.45. The highest BCUT2D eigenvalue weighted by Crippen LogP contribution is 2.42. The van der Waals surface area contributed by atoms with E-state index in [4.69, 9.17) is 0 Å². The summed E-state index contributed by atoms with van der Waals surface area (Å²) in [5, 5.41) is 2.65. The maximum Gasteiger partial charge on any atom is 0.0989 e. The first-order valence-electron chi connectivity index (χ1n) is 12.4. The Kier molecular flexibility index (Phi) is 4.29. The second-order valence-corrected chi connectivity index (χ2v) is 9.85. The third-order valence-electron chi connectivity index (χ3n) is 7.99. The minimum Gasteiger partial charge on any atom is -0.351 e. The molecule has 1 saturated heterocycles. The van der Waals surface area contributed by atoms with E-state index in [0.29, 0.717) is 12.2 Å². The minimum absolute atomic E-state index is 0.334. The molecule has 3 aliphatic rings. The number of aryl methyl sites for hydroxylation is 1. The van der Waals surface area contributed by atoms with Gasteiger partial charge in [0.05, 0.1) is 17.2 Å². The number of anilines is 2. The average Bonchev–Trinajstić information content (AvgIpc) is 2.98. The highest BCUT2D eigenvalue weighted by molar-refractivity contribution is 6.10. The maximum absolute atomic E-state index is 2.70. The zero-order valence-electron chi connectivity index (χ0n) is 19.8. The third kappa shape index (κ3) is 2.76. The van der Waals surface area contributed by atoms with Gasteiger partial charge in [0.2, 0.25) is 0 Å². The molecule has 4 aromatic carbocycles. The van der Waals surface area contributed by atoms with Crippen molar-refractivity contribution in [1.29, 1.82) is 0 Å². The van der Waals surface area contributed by atoms with Crippen LogP contribution in [0.1, 0.15) is 24.5 Å². The summed E-state index contributed by atoms with van der Waals surface area (Å²) in [4.78, 5) is 5.31. The van der Waals surface area contributed by atoms with Crippen LogP contribution < -0.4 is 9.80 Å². The molecule has 3 heteroatoms. The Balaban J connectivity index is 1.44. The molecule has 168 valence electrons. The van der Waals surface area contributed by atoms with Crippen LogP contribution in [-0.4, -0.2) is 23.3 Å². The van der Waals surface area contributed by atoms with Crippen molar-refractivity contribution in [3.8, 4) is 5.69 Å². The van der Waals surface area contributed by atoms with Gasteiger partial charge >= 0.3 is 0 Å². The molecule has 1 unspecified atom stereocenters. The van der Waals surface area contributed by atoms with E-state index < -0.39 is 0 Å². The van der Waals surface area contributed by atoms with Crippen molar-refractivity contribution in [3.63, 3.8) is 0 Å². The van der Waals surface area contributed by atoms with E-state index in [0.717, 1.165) is 13.0 Å². The molecule has 8 rings (SSSR count). The van der Waals surface area contributed by atoms with E-state index in [1.165, 1.54) is 56.4 Å². The molecule has 2 atom stereocenters. The SMILES string of the molecule is Cc1cc2c(cc1N1C3CCN(c4ccccc4C3)[C@@H]1C)c1ccccc1n2-c1ccccc1. The first-order valence-corrected chi connectivity index (χ1v) is 12.4. The lowest BCUT2D eigenvalue weighted by Gasteiger charge is -2.47. The van der Waals surface area contributed by atoms with Crippen molar-refractivity contribution in [3.05, 3.63) is 102 Å². The molecule has 0 N–H and O–H groups in total. The molecule has 4 heterocycles. The Morgan fingerprint density at radius 3 is 2.38 bits per heavy atom. The monoisotopic (exact) mass is 443 g/mol. The first-order chi connectivity index (χ1) is 16.7. The highest BCUT2D eigenvalue weighted by Gasteiger charge is 2.38. The van der Waals surface area contributed by atoms with Crippen LogP contribution in [0.15, 0.2) is 91.0 Å². The number of aromatic nitrogens is 1. The standard InChI is InChI=1S/C31H29N3/c1-21-18-31-27(26-13-7-9-15-29(26)34(31)24-11-4-3-5-12-24)20-30(21)33-22(2)32-17-16-25(33)19-23-10-6-8-14-28(23)32/h3-15,18,20,22,25H,16-17,19H2,1-2H3/t22-,25?/m0/s1. The molecular formula is C31H29N3. The van der Waals surface area contributed by atoms with Crippen LogP contribution >= 0.6 is 0 Å². The van der Waals surface area contributed by atoms with Gasteiger partial charge in [0.15, 0.2) is 0 Å². The lowest BCUT2D eigenvalue weighted by Crippen LogP contribution is -2.56. The molecule has 3 aliphatic heterocycles. The predicted octanol–water partition coefficient (Wildman–Crippen LogP) is 7.08. The number of nitrogens with zero attached hydrogens (tertiary/aromatic N) is 3. The van der Waals surface area contributed by atoms with E-state index in [1.54, 1.807) is 0 Å². The van der Waals surface area contributed by atoms with Crippen LogP contribution in [0.5, 0.6) is 0 Å². The van der Waals surface area contributed by atoms with E-state index in [1.807, 2.05) is 0 Å². The molecule has 3 nitrogen and oxygen atoms in total. The second-order valence-electron chi connectivity index (χ2n) is 9.85. The lowest BCUT2D eigenvalue weighted by molar-refractivity contribution is 0.435. The van der Waals surface area contributed by atoms with Gasteiger partial charge < -0.3 is 14.4 Å². The van der Waals surface area contributed by atoms with Gasteiger partial charge in [-0.2, -0.15) is 0 Å². The molecular weight excluding hydrogens is 414 g/mol. The number of fused-ring (bicyclic) bond motifs is 5. The zero-order valence-corrected chi connectivity index (χ0v) is 19.8. The summed E-state index contributed by atoms with van der Waals surface area (Å²) in [5.41, 5.74) is 9.38. The molecule has 0 amide bonds. The predicted molar refractivity (Wildman–Crippen MR) is 143 cm³/mol. The van der Waals surface area contributed by atoms with Crippen LogP contribution in [0.3, 0.4) is 0 Å². The molecule has 0 spiro atoms. The van der Waals surface area contributed by atoms with Gasteiger partial charge in [0, 0.05) is 40.4 Å². The second kappa shape index (κ2) is 7.39. The average molecular weight is 444 g/mol. The molecule has 2 bridgehead atoms. The van der Waals surface area contributed by atoms with Gasteiger partial charge in [-0.15, -0.1) is 0 Å². The molecule has 34 heavy (non-hydrogen) atoms. The Morgan fingerprint density at radius 2 is 1.50 bits per heavy atom. The van der Waals surface area contributed by atoms with Gasteiger partial charge in [-0.1, -0.05) is 54.6 Å². The van der Waals surface area contributed by atoms with Crippen LogP contribution in [0, 0.1) is 6.92 Å². The van der Waals surface area contributed by atoms with E-state index >= 15 is 0 Å². The summed E-state index contributed by atoms with van der Waals surface area (Å²) >= 11 is 0. The van der Waals surface area contributed by atoms with Crippen molar-refractivity contribution in [2.45, 2.75) is 38.9 Å². The normalized spacial score (nSPS) is 19.6. The maximum atomic E-state index is 2.70. The minimum atomic E-state index is 0.334. The van der Waals surface area contributed by atoms with Crippen molar-refractivity contribution >= 4 is 33.2 Å². The van der Waals surface area contributed by atoms with Crippen LogP contribution in [-0.2, 0) is 6.42 Å². The Bertz CT molecular complexity index is 1530. The summed E-state index contributed by atoms with van der Waals surface area (Å²) in [6.07, 6.45) is 2.64. The highest BCUT2D eigenvalue weighted by atomic mass is 15.4. The smallest absolute Gasteiger partial charge is 0.0989 e. The molecule has 5 aromatic rings. The van der Waals surface area contributed by atoms with Gasteiger partial charge in [-0.05, 0) is 74.2 Å². The van der Waals surface area contributed by atoms with Crippen LogP contribution in [0.25, 0.3) is 27.5 Å². The lowest BCUT2D eigenvalue weighted by atomic mass is 9.99. The fourth-order valence-corrected chi connectivity index (χ4v) is 6.45. The number of hydrogen-bond donors (Lipinski definition) is 0. The summed E-state index contributed by atoms with van der Waals surface area (Å²) in [5.74, 6) is 0. The van der Waals surface area contributed by atoms with Gasteiger partial charge in [-0.25, -0.2) is 0 Å². The summed E-state index contributed by atoms with van der Waals surface area (Å²) in [6.45, 7) is 5.80. The zero-order chi connectivity index (χ0) is 22.8. The third-order valence-corrected chi connectivity index (χ3v) is 7.99. The quantitative estimate of drug-likeness (QED) is 0.289. The van der Waals surface area contributed by atoms with E-state index in [-0.39, 0.29) is 0 Å². The topological polar surface area (TPSA) is 11.4 Å². The molecule has 1 fully saturated rings. The molecule has 0 radical (unpaired) electrons. The van der Waals surface area contributed by atoms with Crippen LogP contribution in [0.2, 0.25) is 0 Å². The van der Waals surface area contributed by atoms with Crippen molar-refractivity contribution in [2.24, 2.45) is 0 Å². The number of benzene rings is 4. The van der Waals surface area contributed by atoms with Crippen molar-refractivity contribution in [2.75, 3.05) is 16.3 Å². The van der Waals surface area contributed by atoms with E-state index in [9.17, 15) is 0 Å². The number of para-hydroxylation sites is 3. The van der Waals surface area contributed by atoms with Crippen molar-refractivity contribution < 1.29 is 0 Å². The number of rotatable bonds is 2. The molecule has 0 saturated carbocycles. The van der Waals surface area contributed by atoms with Crippen LogP contribution in [0.4, 0.5) is 11.4 Å². The summed E-state index contributed by atoms with van der Waals surface area (Å²) in [6, 6.07) is 34.0. The fraction of sp³-hybridized carbons (Fsp3) is 0.226. The van der Waals surface area contributed by atoms with Gasteiger partial charge in [0.25, 0.3) is 0 Å². The largest absolute Gasteiger partial charge is 0.351 e.